The van der Waals surface area contributed by atoms with E-state index in [-0.39, 0.29) is 5.95 Å². The van der Waals surface area contributed by atoms with Gasteiger partial charge >= 0.3 is 0 Å². The molecule has 0 aliphatic rings. The van der Waals surface area contributed by atoms with Gasteiger partial charge in [-0.2, -0.15) is 0 Å². The Morgan fingerprint density at radius 3 is 2.93 bits per heavy atom. The Morgan fingerprint density at radius 1 is 1.36 bits per heavy atom. The number of aromatic amines is 1. The molecule has 0 spiro atoms. The summed E-state index contributed by atoms with van der Waals surface area (Å²) in [5.74, 6) is 0.204. The van der Waals surface area contributed by atoms with Crippen molar-refractivity contribution in [1.29, 1.82) is 0 Å². The summed E-state index contributed by atoms with van der Waals surface area (Å²) >= 11 is 0. The first-order chi connectivity index (χ1) is 6.95. The number of pyridine rings is 1. The van der Waals surface area contributed by atoms with Crippen LogP contribution in [0, 0.1) is 0 Å². The molecule has 0 fully saturated rings. The van der Waals surface area contributed by atoms with Gasteiger partial charge in [-0.1, -0.05) is 0 Å². The number of nitrogens with one attached hydrogen (secondary N) is 1. The van der Waals surface area contributed by atoms with Gasteiger partial charge in [0.15, 0.2) is 0 Å². The zero-order valence-electron chi connectivity index (χ0n) is 7.07. The van der Waals surface area contributed by atoms with Gasteiger partial charge in [0.1, 0.15) is 0 Å². The lowest BCUT2D eigenvalue weighted by atomic mass is 10.3. The monoisotopic (exact) mass is 188 g/mol. The molecule has 0 atom stereocenters. The molecule has 0 saturated carbocycles. The highest BCUT2D eigenvalue weighted by molar-refractivity contribution is 5.79. The molecule has 14 heavy (non-hydrogen) atoms. The average Bonchev–Trinajstić information content (AvgIpc) is 2.72. The number of tetrazole rings is 1. The van der Waals surface area contributed by atoms with E-state index in [1.54, 1.807) is 18.6 Å². The summed E-state index contributed by atoms with van der Waals surface area (Å²) in [6, 6.07) is 3.63. The van der Waals surface area contributed by atoms with Crippen molar-refractivity contribution in [2.24, 2.45) is 5.10 Å². The number of H-pyrrole nitrogens is 1. The highest BCUT2D eigenvalue weighted by Crippen LogP contribution is 2.06. The molecule has 0 radical (unpaired) electrons. The molecule has 0 aliphatic carbocycles. The van der Waals surface area contributed by atoms with Crippen LogP contribution < -0.4 is 0 Å². The van der Waals surface area contributed by atoms with E-state index in [0.717, 1.165) is 5.56 Å². The molecule has 2 aromatic rings. The minimum absolute atomic E-state index is 0.204. The van der Waals surface area contributed by atoms with Gasteiger partial charge in [0.05, 0.1) is 5.95 Å². The molecule has 2 aromatic heterocycles. The molecule has 0 bridgehead atoms. The van der Waals surface area contributed by atoms with Gasteiger partial charge in [-0.15, -0.1) is 5.21 Å². The second kappa shape index (κ2) is 4.08. The normalized spacial score (nSPS) is 10.6. The summed E-state index contributed by atoms with van der Waals surface area (Å²) in [5.41, 5.74) is 4.60. The quantitative estimate of drug-likeness (QED) is 0.564. The van der Waals surface area contributed by atoms with E-state index < -0.39 is 0 Å². The standard InChI is InChI=1S/C7H6N7/c1-3-8-4-2-6(1)5-9-10-7-11-13-14-12-7/h1-5H,(H-,10,11,12,13,14)/q-1. The first-order valence-electron chi connectivity index (χ1n) is 3.83. The predicted octanol–water partition coefficient (Wildman–Crippen LogP) is 0.634. The molecule has 0 aromatic carbocycles. The van der Waals surface area contributed by atoms with Crippen LogP contribution in [-0.4, -0.2) is 31.8 Å². The average molecular weight is 188 g/mol. The largest absolute Gasteiger partial charge is 0.277 e. The Balaban J connectivity index is 1.96. The molecular weight excluding hydrogens is 182 g/mol. The first-order valence-corrected chi connectivity index (χ1v) is 3.83. The van der Waals surface area contributed by atoms with Crippen molar-refractivity contribution in [3.63, 3.8) is 0 Å². The van der Waals surface area contributed by atoms with E-state index in [4.69, 9.17) is 0 Å². The lowest BCUT2D eigenvalue weighted by Crippen LogP contribution is -1.80. The van der Waals surface area contributed by atoms with Crippen molar-refractivity contribution in [2.45, 2.75) is 0 Å². The van der Waals surface area contributed by atoms with Gasteiger partial charge in [-0.05, 0) is 17.7 Å². The summed E-state index contributed by atoms with van der Waals surface area (Å²) in [5, 5.41) is 16.6. The summed E-state index contributed by atoms with van der Waals surface area (Å²) in [7, 11) is 0. The third-order valence-electron chi connectivity index (χ3n) is 1.39. The van der Waals surface area contributed by atoms with Crippen LogP contribution in [0.1, 0.15) is 5.56 Å². The molecule has 0 unspecified atom stereocenters. The number of nitrogens with zero attached hydrogens (tertiary/aromatic N) is 6. The highest BCUT2D eigenvalue weighted by Gasteiger charge is 1.83. The molecule has 2 rings (SSSR count). The van der Waals surface area contributed by atoms with Gasteiger partial charge in [0, 0.05) is 18.6 Å². The van der Waals surface area contributed by atoms with Crippen molar-refractivity contribution in [3.05, 3.63) is 35.5 Å². The Bertz CT molecular complexity index is 393. The third-order valence-corrected chi connectivity index (χ3v) is 1.39. The lowest BCUT2D eigenvalue weighted by Gasteiger charge is -1.97. The topological polar surface area (TPSA) is 93.8 Å². The van der Waals surface area contributed by atoms with Gasteiger partial charge < -0.3 is 0 Å². The zero-order chi connectivity index (χ0) is 9.64. The number of rotatable bonds is 3. The maximum absolute atomic E-state index is 3.87. The fourth-order valence-electron chi connectivity index (χ4n) is 0.796. The minimum atomic E-state index is 0.204. The molecule has 2 heterocycles. The van der Waals surface area contributed by atoms with E-state index in [1.165, 1.54) is 0 Å². The summed E-state index contributed by atoms with van der Waals surface area (Å²) < 4.78 is 0. The Hall–Kier alpha value is -2.31. The van der Waals surface area contributed by atoms with E-state index in [2.05, 4.69) is 36.1 Å². The van der Waals surface area contributed by atoms with Gasteiger partial charge in [-0.3, -0.25) is 25.8 Å². The van der Waals surface area contributed by atoms with Crippen molar-refractivity contribution in [1.82, 2.24) is 25.6 Å². The van der Waals surface area contributed by atoms with Gasteiger partial charge in [-0.25, -0.2) is 5.10 Å². The zero-order valence-corrected chi connectivity index (χ0v) is 7.07. The third kappa shape index (κ3) is 2.09. The summed E-state index contributed by atoms with van der Waals surface area (Å²) in [6.07, 6.45) is 4.93. The highest BCUT2D eigenvalue weighted by atomic mass is 15.5. The van der Waals surface area contributed by atoms with Crippen LogP contribution in [0.3, 0.4) is 0 Å². The Kier molecular flexibility index (Phi) is 2.42. The van der Waals surface area contributed by atoms with Crippen molar-refractivity contribution < 1.29 is 0 Å². The SMILES string of the molecule is C(=N[N-]c1nn[nH]n1)c1ccncc1. The van der Waals surface area contributed by atoms with Crippen LogP contribution in [0.25, 0.3) is 5.43 Å². The predicted molar refractivity (Wildman–Crippen MR) is 49.0 cm³/mol. The van der Waals surface area contributed by atoms with Gasteiger partial charge in [0.2, 0.25) is 0 Å². The minimum Gasteiger partial charge on any atom is -0.277 e. The fraction of sp³-hybridized carbons (Fsp3) is 0. The second-order valence-electron chi connectivity index (χ2n) is 2.34. The van der Waals surface area contributed by atoms with E-state index in [9.17, 15) is 0 Å². The smallest absolute Gasteiger partial charge is 0.0830 e. The van der Waals surface area contributed by atoms with Crippen LogP contribution in [-0.2, 0) is 0 Å². The maximum atomic E-state index is 3.87. The molecule has 0 saturated heterocycles. The Labute approximate surface area is 79.3 Å². The van der Waals surface area contributed by atoms with E-state index in [1.807, 2.05) is 12.1 Å². The molecule has 7 nitrogen and oxygen atoms in total. The maximum Gasteiger partial charge on any atom is 0.0830 e. The van der Waals surface area contributed by atoms with Crippen molar-refractivity contribution in [3.8, 4) is 0 Å². The van der Waals surface area contributed by atoms with Crippen LogP contribution in [0.5, 0.6) is 0 Å². The van der Waals surface area contributed by atoms with Gasteiger partial charge in [0.25, 0.3) is 0 Å². The molecule has 0 aliphatic heterocycles. The Morgan fingerprint density at radius 2 is 2.21 bits per heavy atom. The molecular formula is C7H6N7-. The van der Waals surface area contributed by atoms with Crippen LogP contribution >= 0.6 is 0 Å². The summed E-state index contributed by atoms with van der Waals surface area (Å²) in [4.78, 5) is 3.87. The first kappa shape index (κ1) is 8.30. The number of hydrogen-bond acceptors (Lipinski definition) is 5. The number of hydrogen-bond donors (Lipinski definition) is 1. The van der Waals surface area contributed by atoms with Crippen molar-refractivity contribution >= 4 is 12.2 Å². The molecule has 7 heteroatoms. The van der Waals surface area contributed by atoms with E-state index in [0.29, 0.717) is 0 Å². The summed E-state index contributed by atoms with van der Waals surface area (Å²) in [6.45, 7) is 0. The van der Waals surface area contributed by atoms with Crippen LogP contribution in [0.15, 0.2) is 29.6 Å². The molecule has 70 valence electrons. The molecule has 0 amide bonds. The fourth-order valence-corrected chi connectivity index (χ4v) is 0.796. The second-order valence-corrected chi connectivity index (χ2v) is 2.34. The van der Waals surface area contributed by atoms with Crippen LogP contribution in [0.2, 0.25) is 0 Å². The van der Waals surface area contributed by atoms with E-state index >= 15 is 0 Å². The molecule has 1 N–H and O–H groups in total. The number of aromatic nitrogens is 5. The lowest BCUT2D eigenvalue weighted by molar-refractivity contribution is 0.881. The van der Waals surface area contributed by atoms with Crippen molar-refractivity contribution in [2.75, 3.05) is 0 Å². The van der Waals surface area contributed by atoms with Crippen LogP contribution in [0.4, 0.5) is 5.95 Å².